The highest BCUT2D eigenvalue weighted by atomic mass is 19.4. The molecule has 1 rings (SSSR count). The molecule has 0 saturated carbocycles. The van der Waals surface area contributed by atoms with Crippen molar-refractivity contribution in [2.45, 2.75) is 30.9 Å². The Bertz CT molecular complexity index is 469. The van der Waals surface area contributed by atoms with Gasteiger partial charge in [0, 0.05) is 12.0 Å². The van der Waals surface area contributed by atoms with Crippen molar-refractivity contribution in [2.24, 2.45) is 5.73 Å². The number of nitrogens with two attached hydrogens (primary N) is 1. The quantitative estimate of drug-likeness (QED) is 0.843. The first-order valence-corrected chi connectivity index (χ1v) is 5.30. The molecule has 0 heterocycles. The molecular formula is C11H10F7NO. The first kappa shape index (κ1) is 16.7. The van der Waals surface area contributed by atoms with Gasteiger partial charge >= 0.3 is 12.4 Å². The van der Waals surface area contributed by atoms with E-state index in [0.29, 0.717) is 12.1 Å². The van der Waals surface area contributed by atoms with E-state index >= 15 is 0 Å². The minimum absolute atomic E-state index is 0.267. The monoisotopic (exact) mass is 305 g/mol. The molecule has 0 amide bonds. The zero-order valence-electron chi connectivity index (χ0n) is 9.76. The Balaban J connectivity index is 3.01. The zero-order valence-corrected chi connectivity index (χ0v) is 9.76. The number of benzene rings is 1. The lowest BCUT2D eigenvalue weighted by Gasteiger charge is -2.20. The van der Waals surface area contributed by atoms with Crippen LogP contribution >= 0.6 is 0 Å². The highest BCUT2D eigenvalue weighted by molar-refractivity contribution is 5.28. The minimum Gasteiger partial charge on any atom is -0.388 e. The Hall–Kier alpha value is -1.35. The molecule has 1 aromatic rings. The molecule has 0 radical (unpaired) electrons. The van der Waals surface area contributed by atoms with Crippen molar-refractivity contribution >= 4 is 0 Å². The van der Waals surface area contributed by atoms with Crippen LogP contribution in [0.3, 0.4) is 0 Å². The molecule has 3 N–H and O–H groups in total. The molecule has 0 fully saturated rings. The lowest BCUT2D eigenvalue weighted by Crippen LogP contribution is -2.38. The van der Waals surface area contributed by atoms with Gasteiger partial charge < -0.3 is 10.8 Å². The number of hydrogen-bond acceptors (Lipinski definition) is 2. The van der Waals surface area contributed by atoms with E-state index in [2.05, 4.69) is 0 Å². The van der Waals surface area contributed by atoms with Gasteiger partial charge in [0.1, 0.15) is 11.9 Å². The molecule has 2 atom stereocenters. The maximum Gasteiger partial charge on any atom is 0.416 e. The van der Waals surface area contributed by atoms with Crippen LogP contribution < -0.4 is 5.73 Å². The van der Waals surface area contributed by atoms with E-state index in [-0.39, 0.29) is 6.07 Å². The number of hydrogen-bond donors (Lipinski definition) is 2. The van der Waals surface area contributed by atoms with Gasteiger partial charge in [0.25, 0.3) is 0 Å². The predicted molar refractivity (Wildman–Crippen MR) is 55.0 cm³/mol. The smallest absolute Gasteiger partial charge is 0.388 e. The van der Waals surface area contributed by atoms with Gasteiger partial charge in [-0.05, 0) is 18.2 Å². The van der Waals surface area contributed by atoms with Crippen LogP contribution in [0.15, 0.2) is 18.2 Å². The third-order valence-electron chi connectivity index (χ3n) is 2.58. The Kier molecular flexibility index (Phi) is 4.65. The van der Waals surface area contributed by atoms with E-state index < -0.39 is 47.9 Å². The molecule has 114 valence electrons. The van der Waals surface area contributed by atoms with Crippen LogP contribution in [0.2, 0.25) is 0 Å². The van der Waals surface area contributed by atoms with E-state index in [4.69, 9.17) is 5.73 Å². The molecule has 0 unspecified atom stereocenters. The normalized spacial score (nSPS) is 16.1. The molecule has 0 bridgehead atoms. The number of aliphatic hydroxyl groups excluding tert-OH is 1. The van der Waals surface area contributed by atoms with Crippen molar-refractivity contribution in [3.63, 3.8) is 0 Å². The summed E-state index contributed by atoms with van der Waals surface area (Å²) in [6.45, 7) is 0. The summed E-state index contributed by atoms with van der Waals surface area (Å²) < 4.78 is 87.1. The largest absolute Gasteiger partial charge is 0.416 e. The Morgan fingerprint density at radius 2 is 1.65 bits per heavy atom. The molecule has 0 saturated heterocycles. The summed E-state index contributed by atoms with van der Waals surface area (Å²) in [6, 6.07) is -1.34. The lowest BCUT2D eigenvalue weighted by molar-refractivity contribution is -0.154. The summed E-state index contributed by atoms with van der Waals surface area (Å²) in [5.41, 5.74) is 2.59. The first-order chi connectivity index (χ1) is 8.93. The molecule has 20 heavy (non-hydrogen) atoms. The molecule has 0 aliphatic carbocycles. The Morgan fingerprint density at radius 3 is 2.10 bits per heavy atom. The highest BCUT2D eigenvalue weighted by Gasteiger charge is 2.39. The summed E-state index contributed by atoms with van der Waals surface area (Å²) in [5.74, 6) is -1.24. The van der Waals surface area contributed by atoms with Crippen molar-refractivity contribution in [3.05, 3.63) is 35.1 Å². The molecule has 9 heteroatoms. The van der Waals surface area contributed by atoms with Gasteiger partial charge in [-0.15, -0.1) is 0 Å². The van der Waals surface area contributed by atoms with E-state index in [1.807, 2.05) is 0 Å². The van der Waals surface area contributed by atoms with Crippen LogP contribution in [0.4, 0.5) is 30.7 Å². The molecule has 0 aliphatic rings. The van der Waals surface area contributed by atoms with Crippen LogP contribution in [0, 0.1) is 5.82 Å². The van der Waals surface area contributed by atoms with Gasteiger partial charge in [0.2, 0.25) is 0 Å². The number of halogens is 7. The average Bonchev–Trinajstić information content (AvgIpc) is 2.26. The van der Waals surface area contributed by atoms with Gasteiger partial charge in [-0.1, -0.05) is 0 Å². The number of alkyl halides is 6. The van der Waals surface area contributed by atoms with Crippen LogP contribution in [-0.4, -0.2) is 17.3 Å². The summed E-state index contributed by atoms with van der Waals surface area (Å²) in [7, 11) is 0. The fraction of sp³-hybridized carbons (Fsp3) is 0.455. The molecule has 0 spiro atoms. The summed E-state index contributed by atoms with van der Waals surface area (Å²) in [6.07, 6.45) is -12.9. The third kappa shape index (κ3) is 4.07. The van der Waals surface area contributed by atoms with E-state index in [0.717, 1.165) is 0 Å². The molecule has 2 nitrogen and oxygen atoms in total. The maximum atomic E-state index is 13.3. The number of rotatable bonds is 3. The van der Waals surface area contributed by atoms with Crippen LogP contribution in [-0.2, 0) is 6.18 Å². The molecular weight excluding hydrogens is 295 g/mol. The van der Waals surface area contributed by atoms with Crippen molar-refractivity contribution in [1.82, 2.24) is 0 Å². The average molecular weight is 305 g/mol. The van der Waals surface area contributed by atoms with Gasteiger partial charge in [-0.2, -0.15) is 26.3 Å². The summed E-state index contributed by atoms with van der Waals surface area (Å²) in [5, 5.41) is 9.44. The van der Waals surface area contributed by atoms with Crippen LogP contribution in [0.1, 0.15) is 23.7 Å². The third-order valence-corrected chi connectivity index (χ3v) is 2.58. The Labute approximate surface area is 109 Å². The van der Waals surface area contributed by atoms with Crippen molar-refractivity contribution in [1.29, 1.82) is 0 Å². The zero-order chi connectivity index (χ0) is 15.7. The topological polar surface area (TPSA) is 46.2 Å². The molecule has 1 aromatic carbocycles. The fourth-order valence-electron chi connectivity index (χ4n) is 1.48. The van der Waals surface area contributed by atoms with Gasteiger partial charge in [-0.3, -0.25) is 0 Å². The SMILES string of the molecule is N[C@H](C[C@H](O)c1cc(C(F)(F)F)ccc1F)C(F)(F)F. The van der Waals surface area contributed by atoms with Crippen LogP contribution in [0.5, 0.6) is 0 Å². The second-order valence-corrected chi connectivity index (χ2v) is 4.13. The van der Waals surface area contributed by atoms with E-state index in [9.17, 15) is 35.8 Å². The fourth-order valence-corrected chi connectivity index (χ4v) is 1.48. The minimum atomic E-state index is -4.83. The maximum absolute atomic E-state index is 13.3. The standard InChI is InChI=1S/C11H10F7NO/c12-7-2-1-5(10(13,14)15)3-6(7)8(20)4-9(19)11(16,17)18/h1-3,8-9,20H,4,19H2/t8-,9+/m0/s1. The second kappa shape index (κ2) is 5.57. The van der Waals surface area contributed by atoms with Gasteiger partial charge in [0.15, 0.2) is 0 Å². The first-order valence-electron chi connectivity index (χ1n) is 5.30. The van der Waals surface area contributed by atoms with Gasteiger partial charge in [-0.25, -0.2) is 4.39 Å². The van der Waals surface area contributed by atoms with E-state index in [1.165, 1.54) is 0 Å². The van der Waals surface area contributed by atoms with E-state index in [1.54, 1.807) is 0 Å². The predicted octanol–water partition coefficient (Wildman–Crippen LogP) is 3.16. The lowest BCUT2D eigenvalue weighted by atomic mass is 9.99. The van der Waals surface area contributed by atoms with Gasteiger partial charge in [0.05, 0.1) is 11.7 Å². The van der Waals surface area contributed by atoms with Crippen molar-refractivity contribution in [2.75, 3.05) is 0 Å². The molecule has 0 aliphatic heterocycles. The number of aliphatic hydroxyl groups is 1. The highest BCUT2D eigenvalue weighted by Crippen LogP contribution is 2.33. The molecule has 0 aromatic heterocycles. The van der Waals surface area contributed by atoms with Crippen LogP contribution in [0.25, 0.3) is 0 Å². The summed E-state index contributed by atoms with van der Waals surface area (Å²) in [4.78, 5) is 0. The van der Waals surface area contributed by atoms with Crippen molar-refractivity contribution < 1.29 is 35.8 Å². The summed E-state index contributed by atoms with van der Waals surface area (Å²) >= 11 is 0. The van der Waals surface area contributed by atoms with Crippen molar-refractivity contribution in [3.8, 4) is 0 Å². The second-order valence-electron chi connectivity index (χ2n) is 4.13. The Morgan fingerprint density at radius 1 is 1.10 bits per heavy atom.